The first kappa shape index (κ1) is 16.3. The Kier molecular flexibility index (Phi) is 5.86. The van der Waals surface area contributed by atoms with E-state index in [0.717, 1.165) is 25.1 Å². The predicted octanol–water partition coefficient (Wildman–Crippen LogP) is 3.02. The molecule has 0 heterocycles. The van der Waals surface area contributed by atoms with E-state index in [1.807, 2.05) is 12.1 Å². The molecule has 0 saturated heterocycles. The van der Waals surface area contributed by atoms with Gasteiger partial charge < -0.3 is 16.4 Å². The molecule has 4 heteroatoms. The number of amides is 1. The van der Waals surface area contributed by atoms with Gasteiger partial charge >= 0.3 is 0 Å². The van der Waals surface area contributed by atoms with E-state index in [4.69, 9.17) is 11.5 Å². The molecule has 0 aromatic heterocycles. The van der Waals surface area contributed by atoms with Crippen LogP contribution in [0.15, 0.2) is 18.2 Å². The van der Waals surface area contributed by atoms with Crippen molar-refractivity contribution in [3.8, 4) is 0 Å². The summed E-state index contributed by atoms with van der Waals surface area (Å²) in [7, 11) is 0. The van der Waals surface area contributed by atoms with Crippen LogP contribution in [-0.4, -0.2) is 18.5 Å². The van der Waals surface area contributed by atoms with Crippen LogP contribution in [0.5, 0.6) is 0 Å². The number of carbonyl (C=O) groups excluding carboxylic acids is 1. The Labute approximate surface area is 122 Å². The minimum absolute atomic E-state index is 0.402. The summed E-state index contributed by atoms with van der Waals surface area (Å²) in [5.74, 6) is 0.0842. The molecule has 0 unspecified atom stereocenters. The van der Waals surface area contributed by atoms with Gasteiger partial charge in [-0.15, -0.1) is 0 Å². The summed E-state index contributed by atoms with van der Waals surface area (Å²) in [6, 6.07) is 5.82. The molecule has 1 aromatic carbocycles. The molecule has 112 valence electrons. The molecule has 1 aromatic rings. The number of carbonyl (C=O) groups is 1. The van der Waals surface area contributed by atoms with Crippen LogP contribution in [0.4, 0.5) is 11.4 Å². The highest BCUT2D eigenvalue weighted by molar-refractivity contribution is 5.99. The highest BCUT2D eigenvalue weighted by Crippen LogP contribution is 2.27. The summed E-state index contributed by atoms with van der Waals surface area (Å²) in [4.78, 5) is 14.0. The lowest BCUT2D eigenvalue weighted by molar-refractivity contribution is 0.100. The Morgan fingerprint density at radius 3 is 2.30 bits per heavy atom. The lowest BCUT2D eigenvalue weighted by atomic mass is 10.0. The van der Waals surface area contributed by atoms with Crippen molar-refractivity contribution in [2.24, 2.45) is 11.7 Å². The monoisotopic (exact) mass is 277 g/mol. The second-order valence-electron chi connectivity index (χ2n) is 5.66. The van der Waals surface area contributed by atoms with E-state index >= 15 is 0 Å². The first-order valence-corrected chi connectivity index (χ1v) is 7.36. The molecule has 4 N–H and O–H groups in total. The van der Waals surface area contributed by atoms with E-state index in [2.05, 4.69) is 32.6 Å². The Balaban J connectivity index is 3.28. The Morgan fingerprint density at radius 1 is 1.25 bits per heavy atom. The summed E-state index contributed by atoms with van der Waals surface area (Å²) in [6.07, 6.45) is 2.07. The number of hydrogen-bond donors (Lipinski definition) is 2. The van der Waals surface area contributed by atoms with Crippen molar-refractivity contribution >= 4 is 17.3 Å². The first-order chi connectivity index (χ1) is 9.40. The van der Waals surface area contributed by atoms with E-state index in [1.165, 1.54) is 0 Å². The van der Waals surface area contributed by atoms with Crippen LogP contribution in [-0.2, 0) is 0 Å². The Hall–Kier alpha value is -1.71. The average molecular weight is 277 g/mol. The number of anilines is 2. The zero-order valence-corrected chi connectivity index (χ0v) is 13.0. The topological polar surface area (TPSA) is 72.3 Å². The van der Waals surface area contributed by atoms with Crippen molar-refractivity contribution in [1.82, 2.24) is 0 Å². The SMILES string of the molecule is CCC(CC)N(CC(C)C)c1ccc(N)cc1C(N)=O. The van der Waals surface area contributed by atoms with Gasteiger partial charge in [-0.05, 0) is 37.0 Å². The molecular formula is C16H27N3O. The van der Waals surface area contributed by atoms with Gasteiger partial charge in [0.25, 0.3) is 5.91 Å². The van der Waals surface area contributed by atoms with Crippen LogP contribution in [0, 0.1) is 5.92 Å². The number of rotatable bonds is 7. The number of hydrogen-bond acceptors (Lipinski definition) is 3. The number of primary amides is 1. The average Bonchev–Trinajstić information content (AvgIpc) is 2.38. The van der Waals surface area contributed by atoms with Gasteiger partial charge in [-0.3, -0.25) is 4.79 Å². The summed E-state index contributed by atoms with van der Waals surface area (Å²) in [5.41, 5.74) is 13.3. The van der Waals surface area contributed by atoms with Gasteiger partial charge in [0, 0.05) is 24.0 Å². The summed E-state index contributed by atoms with van der Waals surface area (Å²) in [5, 5.41) is 0. The van der Waals surface area contributed by atoms with Gasteiger partial charge in [-0.2, -0.15) is 0 Å². The molecule has 4 nitrogen and oxygen atoms in total. The van der Waals surface area contributed by atoms with Crippen molar-refractivity contribution in [2.75, 3.05) is 17.2 Å². The third-order valence-electron chi connectivity index (χ3n) is 3.54. The van der Waals surface area contributed by atoms with Crippen molar-refractivity contribution in [1.29, 1.82) is 0 Å². The minimum Gasteiger partial charge on any atom is -0.399 e. The fourth-order valence-corrected chi connectivity index (χ4v) is 2.57. The zero-order valence-electron chi connectivity index (χ0n) is 13.0. The van der Waals surface area contributed by atoms with Gasteiger partial charge in [-0.25, -0.2) is 0 Å². The molecule has 1 rings (SSSR count). The Bertz CT molecular complexity index is 453. The van der Waals surface area contributed by atoms with Crippen LogP contribution in [0.2, 0.25) is 0 Å². The summed E-state index contributed by atoms with van der Waals surface area (Å²) >= 11 is 0. The summed E-state index contributed by atoms with van der Waals surface area (Å²) < 4.78 is 0. The molecule has 0 saturated carbocycles. The molecule has 20 heavy (non-hydrogen) atoms. The predicted molar refractivity (Wildman–Crippen MR) is 85.9 cm³/mol. The molecule has 0 spiro atoms. The molecular weight excluding hydrogens is 250 g/mol. The van der Waals surface area contributed by atoms with Crippen LogP contribution in [0.25, 0.3) is 0 Å². The van der Waals surface area contributed by atoms with Crippen LogP contribution in [0.3, 0.4) is 0 Å². The van der Waals surface area contributed by atoms with Gasteiger partial charge in [0.2, 0.25) is 0 Å². The number of benzene rings is 1. The maximum absolute atomic E-state index is 11.7. The van der Waals surface area contributed by atoms with Crippen molar-refractivity contribution in [3.05, 3.63) is 23.8 Å². The number of nitrogens with two attached hydrogens (primary N) is 2. The van der Waals surface area contributed by atoms with Crippen molar-refractivity contribution in [3.63, 3.8) is 0 Å². The highest BCUT2D eigenvalue weighted by Gasteiger charge is 2.21. The van der Waals surface area contributed by atoms with Crippen molar-refractivity contribution < 1.29 is 4.79 Å². The molecule has 0 radical (unpaired) electrons. The number of nitrogens with zero attached hydrogens (tertiary/aromatic N) is 1. The van der Waals surface area contributed by atoms with Crippen LogP contribution < -0.4 is 16.4 Å². The van der Waals surface area contributed by atoms with Gasteiger partial charge in [0.1, 0.15) is 0 Å². The van der Waals surface area contributed by atoms with Gasteiger partial charge in [0.15, 0.2) is 0 Å². The van der Waals surface area contributed by atoms with E-state index in [9.17, 15) is 4.79 Å². The standard InChI is InChI=1S/C16H27N3O/c1-5-13(6-2)19(10-11(3)4)15-8-7-12(17)9-14(15)16(18)20/h7-9,11,13H,5-6,10,17H2,1-4H3,(H2,18,20). The minimum atomic E-state index is -0.424. The first-order valence-electron chi connectivity index (χ1n) is 7.36. The third kappa shape index (κ3) is 3.89. The lowest BCUT2D eigenvalue weighted by Gasteiger charge is -2.35. The molecule has 0 aliphatic heterocycles. The molecule has 0 aliphatic carbocycles. The quantitative estimate of drug-likeness (QED) is 0.752. The molecule has 0 bridgehead atoms. The highest BCUT2D eigenvalue weighted by atomic mass is 16.1. The molecule has 1 amide bonds. The fraction of sp³-hybridized carbons (Fsp3) is 0.562. The largest absolute Gasteiger partial charge is 0.399 e. The van der Waals surface area contributed by atoms with Crippen LogP contribution in [0.1, 0.15) is 50.9 Å². The van der Waals surface area contributed by atoms with Crippen molar-refractivity contribution in [2.45, 2.75) is 46.6 Å². The smallest absolute Gasteiger partial charge is 0.250 e. The normalized spacial score (nSPS) is 11.1. The van der Waals surface area contributed by atoms with Gasteiger partial charge in [-0.1, -0.05) is 27.7 Å². The van der Waals surface area contributed by atoms with Gasteiger partial charge in [0.05, 0.1) is 5.56 Å². The zero-order chi connectivity index (χ0) is 15.3. The Morgan fingerprint density at radius 2 is 1.85 bits per heavy atom. The molecule has 0 aliphatic rings. The maximum atomic E-state index is 11.7. The molecule has 0 atom stereocenters. The lowest BCUT2D eigenvalue weighted by Crippen LogP contribution is -2.38. The fourth-order valence-electron chi connectivity index (χ4n) is 2.57. The molecule has 0 fully saturated rings. The van der Waals surface area contributed by atoms with Crippen LogP contribution >= 0.6 is 0 Å². The second-order valence-corrected chi connectivity index (χ2v) is 5.66. The van der Waals surface area contributed by atoms with E-state index < -0.39 is 5.91 Å². The van der Waals surface area contributed by atoms with E-state index in [1.54, 1.807) is 6.07 Å². The third-order valence-corrected chi connectivity index (χ3v) is 3.54. The maximum Gasteiger partial charge on any atom is 0.250 e. The number of nitrogen functional groups attached to an aromatic ring is 1. The second kappa shape index (κ2) is 7.17. The van der Waals surface area contributed by atoms with E-state index in [0.29, 0.717) is 23.2 Å². The summed E-state index contributed by atoms with van der Waals surface area (Å²) in [6.45, 7) is 9.59. The van der Waals surface area contributed by atoms with E-state index in [-0.39, 0.29) is 0 Å².